The Balaban J connectivity index is 0.00000100. The van der Waals surface area contributed by atoms with Gasteiger partial charge in [-0.2, -0.15) is 23.2 Å². The Morgan fingerprint density at radius 1 is 1.12 bits per heavy atom. The minimum Gasteiger partial charge on any atom is -0.497 e. The maximum atomic E-state index is 9.37. The van der Waals surface area contributed by atoms with Crippen LogP contribution in [0.2, 0.25) is 0 Å². The molecule has 2 aromatic carbocycles. The van der Waals surface area contributed by atoms with E-state index in [4.69, 9.17) is 15.7 Å². The first-order valence-electron chi connectivity index (χ1n) is 7.25. The summed E-state index contributed by atoms with van der Waals surface area (Å²) in [7, 11) is 1.59. The van der Waals surface area contributed by atoms with Crippen LogP contribution in [0.15, 0.2) is 30.3 Å². The number of hydrogen-bond acceptors (Lipinski definition) is 6. The highest BCUT2D eigenvalue weighted by Crippen LogP contribution is 2.37. The van der Waals surface area contributed by atoms with E-state index in [9.17, 15) is 5.26 Å². The van der Waals surface area contributed by atoms with E-state index in [1.165, 1.54) is 0 Å². The highest BCUT2D eigenvalue weighted by Gasteiger charge is 2.23. The third kappa shape index (κ3) is 3.24. The van der Waals surface area contributed by atoms with E-state index in [0.29, 0.717) is 30.1 Å². The fourth-order valence-electron chi connectivity index (χ4n) is 2.82. The Kier molecular flexibility index (Phi) is 5.57. The number of nitriles is 2. The van der Waals surface area contributed by atoms with E-state index in [-0.39, 0.29) is 0 Å². The number of methoxy groups -OCH3 is 1. The van der Waals surface area contributed by atoms with Crippen LogP contribution in [0.5, 0.6) is 5.75 Å². The van der Waals surface area contributed by atoms with Crippen molar-refractivity contribution in [2.45, 2.75) is 13.1 Å². The van der Waals surface area contributed by atoms with Crippen LogP contribution >= 0.6 is 12.6 Å². The van der Waals surface area contributed by atoms with Gasteiger partial charge in [0.05, 0.1) is 31.8 Å². The van der Waals surface area contributed by atoms with Crippen molar-refractivity contribution in [2.75, 3.05) is 19.1 Å². The molecule has 2 aromatic rings. The summed E-state index contributed by atoms with van der Waals surface area (Å²) < 4.78 is 5.26. The van der Waals surface area contributed by atoms with E-state index < -0.39 is 0 Å². The van der Waals surface area contributed by atoms with E-state index in [1.807, 2.05) is 18.2 Å². The third-order valence-corrected chi connectivity index (χ3v) is 3.85. The molecule has 0 fully saturated rings. The first-order valence-corrected chi connectivity index (χ1v) is 8.15. The van der Waals surface area contributed by atoms with Crippen LogP contribution in [0, 0.1) is 22.8 Å². The lowest BCUT2D eigenvalue weighted by atomic mass is 9.93. The molecule has 0 spiro atoms. The van der Waals surface area contributed by atoms with Crippen LogP contribution in [0.1, 0.15) is 16.7 Å². The van der Waals surface area contributed by atoms with Gasteiger partial charge in [0.1, 0.15) is 5.75 Å². The number of benzene rings is 2. The number of rotatable bonds is 2. The van der Waals surface area contributed by atoms with Crippen molar-refractivity contribution in [1.82, 2.24) is 4.90 Å². The first kappa shape index (κ1) is 17.5. The van der Waals surface area contributed by atoms with Gasteiger partial charge < -0.3 is 15.4 Å². The molecule has 1 aliphatic heterocycles. The lowest BCUT2D eigenvalue weighted by molar-refractivity contribution is 0.415. The quantitative estimate of drug-likeness (QED) is 0.499. The molecule has 24 heavy (non-hydrogen) atoms. The SMILES string of the molecule is COc1ccc(C#N)c(-c2cc(N)cc3c2CN(C#N)C3)c1.CS. The van der Waals surface area contributed by atoms with Gasteiger partial charge in [-0.05, 0) is 53.3 Å². The largest absolute Gasteiger partial charge is 0.497 e. The standard InChI is InChI=1S/C17H14N4O.CH4S/c1-22-14-3-2-11(7-18)15(6-14)16-5-13(20)4-12-8-21(10-19)9-17(12)16;1-2/h2-6H,8-9,20H2,1H3;2H,1H3. The molecule has 1 heterocycles. The van der Waals surface area contributed by atoms with Crippen molar-refractivity contribution in [2.24, 2.45) is 0 Å². The number of thiol groups is 1. The molecule has 0 aromatic heterocycles. The number of nitrogens with zero attached hydrogens (tertiary/aromatic N) is 3. The summed E-state index contributed by atoms with van der Waals surface area (Å²) in [4.78, 5) is 1.67. The number of hydrogen-bond donors (Lipinski definition) is 2. The minimum absolute atomic E-state index is 0.531. The second kappa shape index (κ2) is 7.63. The fraction of sp³-hybridized carbons (Fsp3) is 0.222. The van der Waals surface area contributed by atoms with Gasteiger partial charge in [-0.15, -0.1) is 0 Å². The van der Waals surface area contributed by atoms with E-state index in [0.717, 1.165) is 22.3 Å². The second-order valence-corrected chi connectivity index (χ2v) is 5.19. The summed E-state index contributed by atoms with van der Waals surface area (Å²) in [6, 6.07) is 11.3. The zero-order valence-corrected chi connectivity index (χ0v) is 14.5. The second-order valence-electron chi connectivity index (χ2n) is 5.19. The predicted molar refractivity (Wildman–Crippen MR) is 97.3 cm³/mol. The monoisotopic (exact) mass is 338 g/mol. The van der Waals surface area contributed by atoms with Crippen LogP contribution < -0.4 is 10.5 Å². The molecule has 0 bridgehead atoms. The summed E-state index contributed by atoms with van der Waals surface area (Å²) in [6.07, 6.45) is 3.86. The average molecular weight is 338 g/mol. The Morgan fingerprint density at radius 3 is 2.50 bits per heavy atom. The highest BCUT2D eigenvalue weighted by molar-refractivity contribution is 7.79. The van der Waals surface area contributed by atoms with Gasteiger partial charge in [0, 0.05) is 11.3 Å². The normalized spacial score (nSPS) is 11.6. The molecule has 5 nitrogen and oxygen atoms in total. The first-order chi connectivity index (χ1) is 11.7. The third-order valence-electron chi connectivity index (χ3n) is 3.85. The summed E-state index contributed by atoms with van der Waals surface area (Å²) in [6.45, 7) is 1.08. The van der Waals surface area contributed by atoms with Gasteiger partial charge >= 0.3 is 0 Å². The van der Waals surface area contributed by atoms with Gasteiger partial charge in [-0.1, -0.05) is 0 Å². The Morgan fingerprint density at radius 2 is 1.88 bits per heavy atom. The molecule has 1 aliphatic rings. The summed E-state index contributed by atoms with van der Waals surface area (Å²) in [5.74, 6) is 0.681. The molecule has 0 atom stereocenters. The lowest BCUT2D eigenvalue weighted by Gasteiger charge is -2.12. The summed E-state index contributed by atoms with van der Waals surface area (Å²) in [5, 5.41) is 18.5. The molecule has 0 unspecified atom stereocenters. The molecule has 0 amide bonds. The Bertz CT molecular complexity index is 836. The zero-order chi connectivity index (χ0) is 17.7. The molecule has 0 saturated carbocycles. The van der Waals surface area contributed by atoms with Crippen molar-refractivity contribution in [1.29, 1.82) is 10.5 Å². The Hall–Kier alpha value is -2.83. The van der Waals surface area contributed by atoms with Gasteiger partial charge in [0.2, 0.25) is 0 Å². The van der Waals surface area contributed by atoms with E-state index in [2.05, 4.69) is 24.9 Å². The number of anilines is 1. The molecule has 122 valence electrons. The molecule has 6 heteroatoms. The number of nitrogen functional groups attached to an aromatic ring is 1. The van der Waals surface area contributed by atoms with Crippen molar-refractivity contribution in [3.63, 3.8) is 0 Å². The van der Waals surface area contributed by atoms with Crippen molar-refractivity contribution >= 4 is 18.3 Å². The minimum atomic E-state index is 0.531. The summed E-state index contributed by atoms with van der Waals surface area (Å²) in [5.41, 5.74) is 10.9. The van der Waals surface area contributed by atoms with E-state index >= 15 is 0 Å². The van der Waals surface area contributed by atoms with Gasteiger partial charge in [-0.3, -0.25) is 0 Å². The van der Waals surface area contributed by atoms with Gasteiger partial charge in [-0.25, -0.2) is 0 Å². The average Bonchev–Trinajstić information content (AvgIpc) is 3.05. The van der Waals surface area contributed by atoms with Crippen LogP contribution in [0.4, 0.5) is 5.69 Å². The van der Waals surface area contributed by atoms with Crippen LogP contribution in [-0.2, 0) is 13.1 Å². The van der Waals surface area contributed by atoms with Crippen molar-refractivity contribution < 1.29 is 4.74 Å². The van der Waals surface area contributed by atoms with Gasteiger partial charge in [0.25, 0.3) is 0 Å². The molecule has 0 saturated heterocycles. The molecule has 2 N–H and O–H groups in total. The molecular weight excluding hydrogens is 320 g/mol. The van der Waals surface area contributed by atoms with E-state index in [1.54, 1.807) is 30.4 Å². The number of nitrogens with two attached hydrogens (primary N) is 1. The van der Waals surface area contributed by atoms with Crippen LogP contribution in [-0.4, -0.2) is 18.3 Å². The maximum absolute atomic E-state index is 9.37. The molecule has 3 rings (SSSR count). The molecular formula is C18H18N4OS. The van der Waals surface area contributed by atoms with Crippen molar-refractivity contribution in [3.05, 3.63) is 47.0 Å². The number of fused-ring (bicyclic) bond motifs is 1. The highest BCUT2D eigenvalue weighted by atomic mass is 32.1. The number of ether oxygens (including phenoxy) is 1. The van der Waals surface area contributed by atoms with Crippen molar-refractivity contribution in [3.8, 4) is 29.1 Å². The van der Waals surface area contributed by atoms with Gasteiger partial charge in [0.15, 0.2) is 6.19 Å². The predicted octanol–water partition coefficient (Wildman–Crippen LogP) is 3.16. The fourth-order valence-corrected chi connectivity index (χ4v) is 2.82. The van der Waals surface area contributed by atoms with Crippen LogP contribution in [0.3, 0.4) is 0 Å². The lowest BCUT2D eigenvalue weighted by Crippen LogP contribution is -2.07. The maximum Gasteiger partial charge on any atom is 0.179 e. The Labute approximate surface area is 147 Å². The van der Waals surface area contributed by atoms with Crippen LogP contribution in [0.25, 0.3) is 11.1 Å². The topological polar surface area (TPSA) is 86.1 Å². The molecule has 0 radical (unpaired) electrons. The molecule has 0 aliphatic carbocycles. The summed E-state index contributed by atoms with van der Waals surface area (Å²) >= 11 is 3.53. The smallest absolute Gasteiger partial charge is 0.179 e. The zero-order valence-electron chi connectivity index (χ0n) is 13.6.